The van der Waals surface area contributed by atoms with Crippen LogP contribution in [0.5, 0.6) is 0 Å². The highest BCUT2D eigenvalue weighted by Gasteiger charge is 2.38. The zero-order chi connectivity index (χ0) is 25.4. The Kier molecular flexibility index (Phi) is 7.08. The summed E-state index contributed by atoms with van der Waals surface area (Å²) in [5.41, 5.74) is 0.945. The summed E-state index contributed by atoms with van der Waals surface area (Å²) >= 11 is 7.13. The number of hydrogen-bond donors (Lipinski definition) is 1. The van der Waals surface area contributed by atoms with E-state index in [0.717, 1.165) is 17.5 Å². The van der Waals surface area contributed by atoms with Gasteiger partial charge in [-0.05, 0) is 49.5 Å². The molecule has 5 heterocycles. The lowest BCUT2D eigenvalue weighted by Gasteiger charge is -2.43. The van der Waals surface area contributed by atoms with Crippen molar-refractivity contribution in [1.29, 1.82) is 0 Å². The van der Waals surface area contributed by atoms with Crippen LogP contribution in [-0.4, -0.2) is 66.8 Å². The number of sulfonamides is 1. The van der Waals surface area contributed by atoms with Crippen LogP contribution in [0.3, 0.4) is 0 Å². The lowest BCUT2D eigenvalue weighted by molar-refractivity contribution is -0.144. The van der Waals surface area contributed by atoms with Crippen molar-refractivity contribution in [3.8, 4) is 0 Å². The number of carbonyl (C=O) groups is 2. The minimum absolute atomic E-state index is 0.0107. The number of halogens is 1. The average molecular weight is 551 g/mol. The van der Waals surface area contributed by atoms with Gasteiger partial charge in [0.2, 0.25) is 21.8 Å². The number of hydrogen-bond acceptors (Lipinski definition) is 6. The second-order valence-electron chi connectivity index (χ2n) is 9.56. The summed E-state index contributed by atoms with van der Waals surface area (Å²) in [5.74, 6) is -0.249. The second kappa shape index (κ2) is 10.1. The number of aromatic nitrogens is 1. The maximum Gasteiger partial charge on any atom is 0.250 e. The van der Waals surface area contributed by atoms with E-state index in [0.29, 0.717) is 48.2 Å². The SMILES string of the molecule is O=C(CN1CCC[C@H](NS(=O)(=O)C=Cc2ccc(Cl)s2)C1=O)N1CC2C[C@H](C1)Cn1c2cccc1=O. The molecule has 0 radical (unpaired) electrons. The van der Waals surface area contributed by atoms with Crippen molar-refractivity contribution in [3.05, 3.63) is 61.0 Å². The number of fused-ring (bicyclic) bond motifs is 4. The highest BCUT2D eigenvalue weighted by molar-refractivity contribution is 7.92. The van der Waals surface area contributed by atoms with Crippen LogP contribution in [0, 0.1) is 5.92 Å². The van der Waals surface area contributed by atoms with Crippen molar-refractivity contribution in [3.63, 3.8) is 0 Å². The van der Waals surface area contributed by atoms with Gasteiger partial charge in [-0.3, -0.25) is 14.4 Å². The van der Waals surface area contributed by atoms with Crippen LogP contribution in [0.4, 0.5) is 0 Å². The van der Waals surface area contributed by atoms with Crippen LogP contribution in [0.1, 0.15) is 35.8 Å². The van der Waals surface area contributed by atoms with E-state index in [2.05, 4.69) is 4.72 Å². The van der Waals surface area contributed by atoms with E-state index in [9.17, 15) is 22.8 Å². The number of piperidine rings is 2. The summed E-state index contributed by atoms with van der Waals surface area (Å²) < 4.78 is 29.9. The van der Waals surface area contributed by atoms with E-state index in [1.807, 2.05) is 10.6 Å². The maximum absolute atomic E-state index is 13.2. The van der Waals surface area contributed by atoms with Gasteiger partial charge in [0, 0.05) is 54.1 Å². The molecule has 0 saturated carbocycles. The standard InChI is InChI=1S/C24H27ClN4O5S2/c25-21-7-6-18(35-21)8-10-36(33,34)26-19-3-2-9-27(24(19)32)15-23(31)28-12-16-11-17(14-28)20-4-1-5-22(30)29(20)13-16/h1,4-8,10,16-17,19,26H,2-3,9,11-15H2/t16-,17?,19+/m1/s1. The molecule has 0 spiro atoms. The fraction of sp³-hybridized carbons (Fsp3) is 0.458. The van der Waals surface area contributed by atoms with Crippen LogP contribution in [0.2, 0.25) is 4.34 Å². The quantitative estimate of drug-likeness (QED) is 0.592. The van der Waals surface area contributed by atoms with Crippen LogP contribution in [0.25, 0.3) is 6.08 Å². The van der Waals surface area contributed by atoms with Gasteiger partial charge in [0.15, 0.2) is 0 Å². The molecular weight excluding hydrogens is 524 g/mol. The predicted octanol–water partition coefficient (Wildman–Crippen LogP) is 2.09. The largest absolute Gasteiger partial charge is 0.340 e. The van der Waals surface area contributed by atoms with Crippen LogP contribution in [-0.2, 0) is 26.2 Å². The first-order valence-electron chi connectivity index (χ1n) is 11.9. The molecule has 2 amide bonds. The summed E-state index contributed by atoms with van der Waals surface area (Å²) in [7, 11) is -3.86. The molecule has 2 saturated heterocycles. The highest BCUT2D eigenvalue weighted by atomic mass is 35.5. The molecule has 5 rings (SSSR count). The molecule has 0 aliphatic carbocycles. The van der Waals surface area contributed by atoms with Gasteiger partial charge in [-0.15, -0.1) is 11.3 Å². The minimum Gasteiger partial charge on any atom is -0.340 e. The minimum atomic E-state index is -3.86. The first-order valence-corrected chi connectivity index (χ1v) is 14.6. The van der Waals surface area contributed by atoms with Crippen molar-refractivity contribution >= 4 is 50.9 Å². The monoisotopic (exact) mass is 550 g/mol. The van der Waals surface area contributed by atoms with Gasteiger partial charge in [0.1, 0.15) is 6.04 Å². The molecule has 3 atom stereocenters. The van der Waals surface area contributed by atoms with Gasteiger partial charge in [-0.1, -0.05) is 17.7 Å². The molecule has 36 heavy (non-hydrogen) atoms. The number of thiophene rings is 1. The third kappa shape index (κ3) is 5.44. The zero-order valence-corrected chi connectivity index (χ0v) is 21.9. The molecule has 1 unspecified atom stereocenters. The number of likely N-dealkylation sites (tertiary alicyclic amines) is 2. The summed E-state index contributed by atoms with van der Waals surface area (Å²) in [6.07, 6.45) is 3.34. The van der Waals surface area contributed by atoms with Gasteiger partial charge in [0.05, 0.1) is 10.9 Å². The van der Waals surface area contributed by atoms with Gasteiger partial charge in [0.25, 0.3) is 5.56 Å². The van der Waals surface area contributed by atoms with E-state index < -0.39 is 16.1 Å². The number of nitrogens with zero attached hydrogens (tertiary/aromatic N) is 3. The first-order chi connectivity index (χ1) is 17.2. The lowest BCUT2D eigenvalue weighted by Crippen LogP contribution is -2.56. The fourth-order valence-corrected chi connectivity index (χ4v) is 7.45. The van der Waals surface area contributed by atoms with Gasteiger partial charge >= 0.3 is 0 Å². The molecule has 2 bridgehead atoms. The second-order valence-corrected chi connectivity index (χ2v) is 12.9. The highest BCUT2D eigenvalue weighted by Crippen LogP contribution is 2.35. The Labute approximate surface area is 218 Å². The molecular formula is C24H27ClN4O5S2. The van der Waals surface area contributed by atoms with E-state index in [-0.39, 0.29) is 35.8 Å². The number of nitrogens with one attached hydrogen (secondary N) is 1. The van der Waals surface area contributed by atoms with Crippen molar-refractivity contribution in [2.75, 3.05) is 26.2 Å². The van der Waals surface area contributed by atoms with E-state index >= 15 is 0 Å². The molecule has 2 fully saturated rings. The fourth-order valence-electron chi connectivity index (χ4n) is 5.38. The normalized spacial score (nSPS) is 24.2. The molecule has 2 aromatic heterocycles. The average Bonchev–Trinajstić information content (AvgIpc) is 3.26. The van der Waals surface area contributed by atoms with Gasteiger partial charge in [-0.25, -0.2) is 8.42 Å². The summed E-state index contributed by atoms with van der Waals surface area (Å²) in [5, 5.41) is 1.03. The third-order valence-electron chi connectivity index (χ3n) is 7.00. The summed E-state index contributed by atoms with van der Waals surface area (Å²) in [6, 6.07) is 7.75. The molecule has 12 heteroatoms. The Morgan fingerprint density at radius 1 is 1.17 bits per heavy atom. The van der Waals surface area contributed by atoms with Gasteiger partial charge in [-0.2, -0.15) is 4.72 Å². The molecule has 3 aliphatic heterocycles. The molecule has 1 N–H and O–H groups in total. The molecule has 192 valence electrons. The smallest absolute Gasteiger partial charge is 0.250 e. The van der Waals surface area contributed by atoms with E-state index in [4.69, 9.17) is 11.6 Å². The summed E-state index contributed by atoms with van der Waals surface area (Å²) in [4.78, 5) is 42.4. The van der Waals surface area contributed by atoms with Crippen LogP contribution >= 0.6 is 22.9 Å². The van der Waals surface area contributed by atoms with Crippen LogP contribution < -0.4 is 10.3 Å². The van der Waals surface area contributed by atoms with Crippen molar-refractivity contribution < 1.29 is 18.0 Å². The third-order valence-corrected chi connectivity index (χ3v) is 9.30. The van der Waals surface area contributed by atoms with E-state index in [1.54, 1.807) is 29.2 Å². The van der Waals surface area contributed by atoms with Crippen molar-refractivity contribution in [2.24, 2.45) is 5.92 Å². The predicted molar refractivity (Wildman–Crippen MR) is 138 cm³/mol. The van der Waals surface area contributed by atoms with Crippen LogP contribution in [0.15, 0.2) is 40.5 Å². The maximum atomic E-state index is 13.2. The van der Waals surface area contributed by atoms with Crippen molar-refractivity contribution in [1.82, 2.24) is 19.1 Å². The Hall–Kier alpha value is -2.47. The molecule has 9 nitrogen and oxygen atoms in total. The number of amides is 2. The zero-order valence-electron chi connectivity index (χ0n) is 19.5. The summed E-state index contributed by atoms with van der Waals surface area (Å²) in [6.45, 7) is 1.97. The number of rotatable bonds is 6. The molecule has 0 aromatic carbocycles. The Bertz CT molecular complexity index is 1370. The Morgan fingerprint density at radius 3 is 2.78 bits per heavy atom. The first kappa shape index (κ1) is 25.2. The number of pyridine rings is 1. The lowest BCUT2D eigenvalue weighted by atomic mass is 9.83. The van der Waals surface area contributed by atoms with E-state index in [1.165, 1.54) is 22.3 Å². The molecule has 3 aliphatic rings. The number of carbonyl (C=O) groups excluding carboxylic acids is 2. The topological polar surface area (TPSA) is 109 Å². The van der Waals surface area contributed by atoms with Gasteiger partial charge < -0.3 is 14.4 Å². The molecule has 2 aromatic rings. The van der Waals surface area contributed by atoms with Crippen molar-refractivity contribution in [2.45, 2.75) is 37.8 Å². The Morgan fingerprint density at radius 2 is 2.00 bits per heavy atom. The Balaban J connectivity index is 1.21.